The van der Waals surface area contributed by atoms with Crippen LogP contribution in [0.15, 0.2) is 0 Å². The fourth-order valence-corrected chi connectivity index (χ4v) is 1.46. The third kappa shape index (κ3) is 1.98. The summed E-state index contributed by atoms with van der Waals surface area (Å²) in [6.07, 6.45) is -0.0772. The van der Waals surface area contributed by atoms with Crippen molar-refractivity contribution in [3.63, 3.8) is 0 Å². The maximum absolute atomic E-state index is 10.9. The first-order valence-electron chi connectivity index (χ1n) is 4.02. The third-order valence-electron chi connectivity index (χ3n) is 2.36. The number of hydrogen-bond donors (Lipinski definition) is 2. The number of carbonyl (C=O) groups excluding carboxylic acids is 1. The number of aliphatic hydroxyl groups is 1. The first kappa shape index (κ1) is 9.98. The quantitative estimate of drug-likeness (QED) is 0.598. The number of carboxylic acids is 1. The zero-order valence-electron chi connectivity index (χ0n) is 7.32. The Morgan fingerprint density at radius 2 is 2.38 bits per heavy atom. The van der Waals surface area contributed by atoms with E-state index in [2.05, 4.69) is 0 Å². The topological polar surface area (TPSA) is 83.8 Å². The molecule has 5 nitrogen and oxygen atoms in total. The Balaban J connectivity index is 2.71. The molecule has 1 heterocycles. The lowest BCUT2D eigenvalue weighted by Crippen LogP contribution is -2.37. The van der Waals surface area contributed by atoms with E-state index in [9.17, 15) is 9.59 Å². The monoisotopic (exact) mass is 188 g/mol. The Morgan fingerprint density at radius 3 is 2.85 bits per heavy atom. The summed E-state index contributed by atoms with van der Waals surface area (Å²) in [6, 6.07) is 0. The molecule has 0 aromatic heterocycles. The molecule has 1 aliphatic heterocycles. The van der Waals surface area contributed by atoms with Gasteiger partial charge >= 0.3 is 11.9 Å². The molecular weight excluding hydrogens is 176 g/mol. The fourth-order valence-electron chi connectivity index (χ4n) is 1.46. The standard InChI is InChI=1S/C8H12O5/c1-8(4-9)5(2-6(10)11)3-7(12)13-8/h5,9H,2-4H2,1H3,(H,10,11). The lowest BCUT2D eigenvalue weighted by Gasteiger charge is -2.25. The van der Waals surface area contributed by atoms with Crippen LogP contribution in [0.2, 0.25) is 0 Å². The van der Waals surface area contributed by atoms with E-state index in [0.29, 0.717) is 0 Å². The SMILES string of the molecule is CC1(CO)OC(=O)CC1CC(=O)O. The number of aliphatic carboxylic acids is 1. The Morgan fingerprint density at radius 1 is 1.77 bits per heavy atom. The van der Waals surface area contributed by atoms with Gasteiger partial charge < -0.3 is 14.9 Å². The molecule has 2 unspecified atom stereocenters. The number of ether oxygens (including phenoxy) is 1. The zero-order valence-corrected chi connectivity index (χ0v) is 7.32. The first-order chi connectivity index (χ1) is 5.98. The van der Waals surface area contributed by atoms with Crippen LogP contribution in [0.1, 0.15) is 19.8 Å². The first-order valence-corrected chi connectivity index (χ1v) is 4.02. The van der Waals surface area contributed by atoms with Crippen LogP contribution in [0.25, 0.3) is 0 Å². The lowest BCUT2D eigenvalue weighted by atomic mass is 9.87. The van der Waals surface area contributed by atoms with Crippen molar-refractivity contribution in [3.05, 3.63) is 0 Å². The molecule has 74 valence electrons. The number of aliphatic hydroxyl groups excluding tert-OH is 1. The Kier molecular flexibility index (Phi) is 2.56. The number of carboxylic acid groups (broad SMARTS) is 1. The molecule has 1 saturated heterocycles. The number of cyclic esters (lactones) is 1. The van der Waals surface area contributed by atoms with E-state index in [0.717, 1.165) is 0 Å². The molecule has 0 saturated carbocycles. The van der Waals surface area contributed by atoms with E-state index in [-0.39, 0.29) is 19.4 Å². The lowest BCUT2D eigenvalue weighted by molar-refractivity contribution is -0.153. The van der Waals surface area contributed by atoms with Crippen LogP contribution in [0.3, 0.4) is 0 Å². The predicted octanol–water partition coefficient (Wildman–Crippen LogP) is -0.225. The molecule has 0 aliphatic carbocycles. The van der Waals surface area contributed by atoms with Gasteiger partial charge in [-0.05, 0) is 6.92 Å². The molecule has 1 aliphatic rings. The van der Waals surface area contributed by atoms with E-state index in [1.807, 2.05) is 0 Å². The van der Waals surface area contributed by atoms with Gasteiger partial charge in [-0.2, -0.15) is 0 Å². The third-order valence-corrected chi connectivity index (χ3v) is 2.36. The van der Waals surface area contributed by atoms with Gasteiger partial charge in [-0.1, -0.05) is 0 Å². The number of carbonyl (C=O) groups is 2. The summed E-state index contributed by atoms with van der Waals surface area (Å²) in [7, 11) is 0. The molecule has 2 atom stereocenters. The van der Waals surface area contributed by atoms with Gasteiger partial charge in [0, 0.05) is 5.92 Å². The van der Waals surface area contributed by atoms with Crippen molar-refractivity contribution in [2.24, 2.45) is 5.92 Å². The second-order valence-electron chi connectivity index (χ2n) is 3.44. The Labute approximate surface area is 75.3 Å². The highest BCUT2D eigenvalue weighted by molar-refractivity contribution is 5.75. The molecule has 2 N–H and O–H groups in total. The summed E-state index contributed by atoms with van der Waals surface area (Å²) in [5.74, 6) is -1.85. The van der Waals surface area contributed by atoms with Crippen molar-refractivity contribution in [2.75, 3.05) is 6.61 Å². The predicted molar refractivity (Wildman–Crippen MR) is 41.9 cm³/mol. The molecule has 0 aromatic carbocycles. The van der Waals surface area contributed by atoms with Gasteiger partial charge in [0.15, 0.2) is 0 Å². The van der Waals surface area contributed by atoms with E-state index < -0.39 is 23.5 Å². The summed E-state index contributed by atoms with van der Waals surface area (Å²) < 4.78 is 4.86. The molecular formula is C8H12O5. The van der Waals surface area contributed by atoms with Gasteiger partial charge in [-0.3, -0.25) is 9.59 Å². The molecule has 0 radical (unpaired) electrons. The largest absolute Gasteiger partial charge is 0.481 e. The number of rotatable bonds is 3. The fraction of sp³-hybridized carbons (Fsp3) is 0.750. The second kappa shape index (κ2) is 3.33. The van der Waals surface area contributed by atoms with Crippen molar-refractivity contribution in [1.82, 2.24) is 0 Å². The molecule has 13 heavy (non-hydrogen) atoms. The molecule has 1 fully saturated rings. The van der Waals surface area contributed by atoms with Crippen LogP contribution >= 0.6 is 0 Å². The van der Waals surface area contributed by atoms with Crippen LogP contribution in [-0.4, -0.2) is 34.4 Å². The minimum atomic E-state index is -1.02. The molecule has 1 rings (SSSR count). The van der Waals surface area contributed by atoms with Crippen molar-refractivity contribution in [1.29, 1.82) is 0 Å². The van der Waals surface area contributed by atoms with Gasteiger partial charge in [0.25, 0.3) is 0 Å². The van der Waals surface area contributed by atoms with Gasteiger partial charge in [0.05, 0.1) is 19.4 Å². The summed E-state index contributed by atoms with van der Waals surface area (Å²) >= 11 is 0. The average Bonchev–Trinajstić information content (AvgIpc) is 2.27. The smallest absolute Gasteiger partial charge is 0.306 e. The molecule has 0 spiro atoms. The number of esters is 1. The minimum absolute atomic E-state index is 0.0728. The normalized spacial score (nSPS) is 33.1. The van der Waals surface area contributed by atoms with Crippen LogP contribution in [0.4, 0.5) is 0 Å². The Bertz CT molecular complexity index is 237. The van der Waals surface area contributed by atoms with Crippen LogP contribution in [0.5, 0.6) is 0 Å². The number of hydrogen-bond acceptors (Lipinski definition) is 4. The Hall–Kier alpha value is -1.10. The maximum atomic E-state index is 10.9. The molecule has 5 heteroatoms. The second-order valence-corrected chi connectivity index (χ2v) is 3.44. The summed E-state index contributed by atoms with van der Waals surface area (Å²) in [6.45, 7) is 1.21. The van der Waals surface area contributed by atoms with E-state index in [4.69, 9.17) is 14.9 Å². The minimum Gasteiger partial charge on any atom is -0.481 e. The van der Waals surface area contributed by atoms with Gasteiger partial charge in [0.2, 0.25) is 0 Å². The van der Waals surface area contributed by atoms with Crippen molar-refractivity contribution in [2.45, 2.75) is 25.4 Å². The van der Waals surface area contributed by atoms with E-state index in [1.54, 1.807) is 6.92 Å². The van der Waals surface area contributed by atoms with Crippen molar-refractivity contribution < 1.29 is 24.5 Å². The van der Waals surface area contributed by atoms with Crippen molar-refractivity contribution >= 4 is 11.9 Å². The van der Waals surface area contributed by atoms with Gasteiger partial charge in [-0.25, -0.2) is 0 Å². The van der Waals surface area contributed by atoms with E-state index >= 15 is 0 Å². The van der Waals surface area contributed by atoms with Gasteiger partial charge in [-0.15, -0.1) is 0 Å². The zero-order chi connectivity index (χ0) is 10.1. The summed E-state index contributed by atoms with van der Waals surface area (Å²) in [5, 5.41) is 17.5. The van der Waals surface area contributed by atoms with Crippen molar-refractivity contribution in [3.8, 4) is 0 Å². The summed E-state index contributed by atoms with van der Waals surface area (Å²) in [5.41, 5.74) is -1.02. The molecule has 0 aromatic rings. The average molecular weight is 188 g/mol. The van der Waals surface area contributed by atoms with Gasteiger partial charge in [0.1, 0.15) is 5.60 Å². The molecule has 0 amide bonds. The highest BCUT2D eigenvalue weighted by Crippen LogP contribution is 2.34. The van der Waals surface area contributed by atoms with Crippen LogP contribution < -0.4 is 0 Å². The van der Waals surface area contributed by atoms with E-state index in [1.165, 1.54) is 0 Å². The van der Waals surface area contributed by atoms with Crippen LogP contribution in [0, 0.1) is 5.92 Å². The highest BCUT2D eigenvalue weighted by atomic mass is 16.6. The summed E-state index contributed by atoms with van der Waals surface area (Å²) in [4.78, 5) is 21.3. The maximum Gasteiger partial charge on any atom is 0.306 e. The highest BCUT2D eigenvalue weighted by Gasteiger charge is 2.45. The van der Waals surface area contributed by atoms with Crippen LogP contribution in [-0.2, 0) is 14.3 Å². The molecule has 0 bridgehead atoms.